The molecule has 0 aliphatic heterocycles. The molecule has 0 fully saturated rings. The topological polar surface area (TPSA) is 101 Å². The number of aromatic nitrogens is 4. The minimum atomic E-state index is -0.662. The van der Waals surface area contributed by atoms with Gasteiger partial charge in [0.15, 0.2) is 5.52 Å². The predicted molar refractivity (Wildman–Crippen MR) is 48.2 cm³/mol. The van der Waals surface area contributed by atoms with E-state index in [1.165, 1.54) is 7.05 Å². The molecule has 2 aromatic heterocycles. The third kappa shape index (κ3) is 1.06. The number of nitrogens with one attached hydrogen (secondary N) is 2. The van der Waals surface area contributed by atoms with Gasteiger partial charge in [-0.05, 0) is 0 Å². The molecule has 0 atom stereocenters. The van der Waals surface area contributed by atoms with Crippen molar-refractivity contribution >= 4 is 11.2 Å². The molecule has 0 aliphatic carbocycles. The number of nitrogens with zero attached hydrogens (tertiary/aromatic N) is 2. The van der Waals surface area contributed by atoms with E-state index in [0.29, 0.717) is 0 Å². The van der Waals surface area contributed by atoms with Crippen molar-refractivity contribution in [2.45, 2.75) is 0 Å². The second-order valence-corrected chi connectivity index (χ2v) is 2.76. The summed E-state index contributed by atoms with van der Waals surface area (Å²) in [6, 6.07) is 0. The number of aryl methyl sites for hydroxylation is 1. The molecular formula is C7H6N4O3. The van der Waals surface area contributed by atoms with Crippen LogP contribution in [0.3, 0.4) is 0 Å². The zero-order valence-electron chi connectivity index (χ0n) is 7.20. The molecule has 0 bridgehead atoms. The standard InChI is InChI=1S/C7H6N4O3/c1-11-3(12)2-8-4-5(11)9-7(14)10-6(4)13/h2H,1H3,(H2,9,10,13,14). The largest absolute Gasteiger partial charge is 0.327 e. The van der Waals surface area contributed by atoms with Gasteiger partial charge in [-0.2, -0.15) is 0 Å². The quantitative estimate of drug-likeness (QED) is 0.522. The summed E-state index contributed by atoms with van der Waals surface area (Å²) in [7, 11) is 1.45. The summed E-state index contributed by atoms with van der Waals surface area (Å²) in [6.45, 7) is 0. The Morgan fingerprint density at radius 3 is 2.71 bits per heavy atom. The monoisotopic (exact) mass is 194 g/mol. The van der Waals surface area contributed by atoms with Gasteiger partial charge < -0.3 is 0 Å². The first-order valence-corrected chi connectivity index (χ1v) is 3.78. The Morgan fingerprint density at radius 1 is 1.29 bits per heavy atom. The van der Waals surface area contributed by atoms with E-state index in [2.05, 4.69) is 9.97 Å². The number of aromatic amines is 2. The predicted octanol–water partition coefficient (Wildman–Crippen LogP) is -1.69. The first kappa shape index (κ1) is 8.42. The van der Waals surface area contributed by atoms with Crippen LogP contribution in [0.5, 0.6) is 0 Å². The molecule has 0 radical (unpaired) electrons. The molecule has 0 aliphatic rings. The molecule has 0 saturated heterocycles. The Hall–Kier alpha value is -2.18. The van der Waals surface area contributed by atoms with Gasteiger partial charge in [-0.15, -0.1) is 0 Å². The molecule has 0 amide bonds. The fourth-order valence-electron chi connectivity index (χ4n) is 1.15. The summed E-state index contributed by atoms with van der Waals surface area (Å²) in [4.78, 5) is 41.2. The fraction of sp³-hybridized carbons (Fsp3) is 0.143. The summed E-state index contributed by atoms with van der Waals surface area (Å²) in [6.07, 6.45) is 1.02. The maximum Gasteiger partial charge on any atom is 0.327 e. The highest BCUT2D eigenvalue weighted by Crippen LogP contribution is 1.93. The third-order valence-electron chi connectivity index (χ3n) is 1.87. The van der Waals surface area contributed by atoms with Crippen molar-refractivity contribution in [3.63, 3.8) is 0 Å². The Kier molecular flexibility index (Phi) is 1.60. The van der Waals surface area contributed by atoms with E-state index in [9.17, 15) is 14.4 Å². The number of hydrogen-bond donors (Lipinski definition) is 2. The molecular weight excluding hydrogens is 188 g/mol. The van der Waals surface area contributed by atoms with Crippen LogP contribution in [0.25, 0.3) is 11.2 Å². The zero-order chi connectivity index (χ0) is 10.3. The van der Waals surface area contributed by atoms with Crippen LogP contribution >= 0.6 is 0 Å². The number of hydrogen-bond acceptors (Lipinski definition) is 4. The van der Waals surface area contributed by atoms with Crippen LogP contribution < -0.4 is 16.8 Å². The normalized spacial score (nSPS) is 10.6. The number of H-pyrrole nitrogens is 2. The van der Waals surface area contributed by atoms with Crippen molar-refractivity contribution in [1.82, 2.24) is 19.5 Å². The Bertz CT molecular complexity index is 663. The van der Waals surface area contributed by atoms with E-state index in [1.807, 2.05) is 4.98 Å². The van der Waals surface area contributed by atoms with Crippen LogP contribution in [-0.4, -0.2) is 19.5 Å². The smallest absolute Gasteiger partial charge is 0.294 e. The van der Waals surface area contributed by atoms with Crippen molar-refractivity contribution in [2.75, 3.05) is 0 Å². The van der Waals surface area contributed by atoms with E-state index >= 15 is 0 Å². The first-order chi connectivity index (χ1) is 6.59. The van der Waals surface area contributed by atoms with Gasteiger partial charge in [0.2, 0.25) is 0 Å². The van der Waals surface area contributed by atoms with Crippen molar-refractivity contribution in [3.8, 4) is 0 Å². The van der Waals surface area contributed by atoms with E-state index < -0.39 is 16.8 Å². The van der Waals surface area contributed by atoms with Gasteiger partial charge in [-0.1, -0.05) is 0 Å². The maximum absolute atomic E-state index is 11.2. The van der Waals surface area contributed by atoms with Crippen molar-refractivity contribution < 1.29 is 0 Å². The zero-order valence-corrected chi connectivity index (χ0v) is 7.20. The van der Waals surface area contributed by atoms with Gasteiger partial charge in [0.25, 0.3) is 11.1 Å². The van der Waals surface area contributed by atoms with Crippen molar-refractivity contribution in [3.05, 3.63) is 37.4 Å². The van der Waals surface area contributed by atoms with Crippen LogP contribution in [0.2, 0.25) is 0 Å². The molecule has 72 valence electrons. The molecule has 0 aromatic carbocycles. The lowest BCUT2D eigenvalue weighted by atomic mass is 10.5. The Balaban J connectivity index is 3.19. The third-order valence-corrected chi connectivity index (χ3v) is 1.87. The molecule has 0 unspecified atom stereocenters. The SMILES string of the molecule is Cn1c(=O)cnc2c(=O)[nH]c(=O)[nH]c21. The van der Waals surface area contributed by atoms with Crippen LogP contribution in [0.4, 0.5) is 0 Å². The molecule has 2 rings (SSSR count). The average molecular weight is 194 g/mol. The molecule has 2 heterocycles. The summed E-state index contributed by atoms with van der Waals surface area (Å²) < 4.78 is 1.15. The first-order valence-electron chi connectivity index (χ1n) is 3.78. The molecule has 2 N–H and O–H groups in total. The average Bonchev–Trinajstić information content (AvgIpc) is 2.12. The van der Waals surface area contributed by atoms with Gasteiger partial charge >= 0.3 is 5.69 Å². The summed E-state index contributed by atoms with van der Waals surface area (Å²) in [5.41, 5.74) is -1.51. The molecule has 2 aromatic rings. The fourth-order valence-corrected chi connectivity index (χ4v) is 1.15. The van der Waals surface area contributed by atoms with Gasteiger partial charge in [0.05, 0.1) is 6.20 Å². The van der Waals surface area contributed by atoms with Crippen LogP contribution in [0, 0.1) is 0 Å². The minimum absolute atomic E-state index is 0.0340. The lowest BCUT2D eigenvalue weighted by Gasteiger charge is -2.00. The molecule has 14 heavy (non-hydrogen) atoms. The van der Waals surface area contributed by atoms with E-state index in [1.54, 1.807) is 0 Å². The molecule has 7 heteroatoms. The van der Waals surface area contributed by atoms with Crippen LogP contribution in [0.1, 0.15) is 0 Å². The van der Waals surface area contributed by atoms with Gasteiger partial charge in [-0.3, -0.25) is 24.1 Å². The lowest BCUT2D eigenvalue weighted by molar-refractivity contribution is 0.857. The highest BCUT2D eigenvalue weighted by molar-refractivity contribution is 5.67. The molecule has 0 saturated carbocycles. The minimum Gasteiger partial charge on any atom is -0.294 e. The lowest BCUT2D eigenvalue weighted by Crippen LogP contribution is -2.28. The second-order valence-electron chi connectivity index (χ2n) is 2.76. The highest BCUT2D eigenvalue weighted by Gasteiger charge is 2.04. The van der Waals surface area contributed by atoms with Gasteiger partial charge in [-0.25, -0.2) is 9.78 Å². The summed E-state index contributed by atoms with van der Waals surface area (Å²) in [5, 5.41) is 0. The van der Waals surface area contributed by atoms with Gasteiger partial charge in [0, 0.05) is 7.05 Å². The van der Waals surface area contributed by atoms with Gasteiger partial charge in [0.1, 0.15) is 5.65 Å². The van der Waals surface area contributed by atoms with E-state index in [0.717, 1.165) is 10.8 Å². The maximum atomic E-state index is 11.2. The summed E-state index contributed by atoms with van der Waals surface area (Å²) in [5.74, 6) is 0. The van der Waals surface area contributed by atoms with Crippen molar-refractivity contribution in [2.24, 2.45) is 7.05 Å². The van der Waals surface area contributed by atoms with E-state index in [4.69, 9.17) is 0 Å². The Morgan fingerprint density at radius 2 is 2.00 bits per heavy atom. The van der Waals surface area contributed by atoms with E-state index in [-0.39, 0.29) is 11.2 Å². The molecule has 7 nitrogen and oxygen atoms in total. The highest BCUT2D eigenvalue weighted by atomic mass is 16.2. The Labute approximate surface area is 76.1 Å². The molecule has 0 spiro atoms. The van der Waals surface area contributed by atoms with Crippen molar-refractivity contribution in [1.29, 1.82) is 0 Å². The summed E-state index contributed by atoms with van der Waals surface area (Å²) >= 11 is 0. The number of rotatable bonds is 0. The number of fused-ring (bicyclic) bond motifs is 1. The second kappa shape index (κ2) is 2.66. The van der Waals surface area contributed by atoms with Crippen LogP contribution in [-0.2, 0) is 7.05 Å². The van der Waals surface area contributed by atoms with Crippen LogP contribution in [0.15, 0.2) is 20.6 Å².